The molecule has 1 aromatic rings. The number of halogens is 1. The standard InChI is InChI=1S/C13H16BrNO2/c1-9-5-10(7-11(14)6-9)12(17)15-13(8-16)3-2-4-13/h5-7,16H,2-4,8H2,1H3,(H,15,17). The van der Waals surface area contributed by atoms with Crippen molar-refractivity contribution in [1.29, 1.82) is 0 Å². The highest BCUT2D eigenvalue weighted by Crippen LogP contribution is 2.31. The third-order valence-corrected chi connectivity index (χ3v) is 3.75. The summed E-state index contributed by atoms with van der Waals surface area (Å²) in [5.74, 6) is -0.108. The Kier molecular flexibility index (Phi) is 3.54. The lowest BCUT2D eigenvalue weighted by atomic mass is 9.77. The predicted molar refractivity (Wildman–Crippen MR) is 70.0 cm³/mol. The minimum Gasteiger partial charge on any atom is -0.394 e. The molecule has 1 fully saturated rings. The van der Waals surface area contributed by atoms with E-state index in [1.165, 1.54) is 0 Å². The van der Waals surface area contributed by atoms with E-state index in [1.54, 1.807) is 6.07 Å². The van der Waals surface area contributed by atoms with E-state index in [2.05, 4.69) is 21.2 Å². The average Bonchev–Trinajstić information content (AvgIpc) is 2.21. The number of aryl methyl sites for hydroxylation is 1. The van der Waals surface area contributed by atoms with Crippen LogP contribution in [0, 0.1) is 6.92 Å². The Labute approximate surface area is 109 Å². The zero-order valence-electron chi connectivity index (χ0n) is 9.79. The number of carbonyl (C=O) groups is 1. The lowest BCUT2D eigenvalue weighted by Crippen LogP contribution is -2.56. The van der Waals surface area contributed by atoms with Crippen LogP contribution in [0.25, 0.3) is 0 Å². The molecule has 1 saturated carbocycles. The van der Waals surface area contributed by atoms with Crippen LogP contribution in [0.2, 0.25) is 0 Å². The van der Waals surface area contributed by atoms with Gasteiger partial charge >= 0.3 is 0 Å². The molecule has 0 aromatic heterocycles. The van der Waals surface area contributed by atoms with Crippen LogP contribution in [-0.4, -0.2) is 23.2 Å². The van der Waals surface area contributed by atoms with Crippen molar-refractivity contribution in [3.05, 3.63) is 33.8 Å². The number of amides is 1. The molecule has 3 nitrogen and oxygen atoms in total. The maximum atomic E-state index is 12.1. The van der Waals surface area contributed by atoms with Gasteiger partial charge in [0.1, 0.15) is 0 Å². The van der Waals surface area contributed by atoms with Gasteiger partial charge in [-0.05, 0) is 49.9 Å². The van der Waals surface area contributed by atoms with E-state index < -0.39 is 0 Å². The zero-order chi connectivity index (χ0) is 12.5. The van der Waals surface area contributed by atoms with Gasteiger partial charge < -0.3 is 10.4 Å². The molecular formula is C13H16BrNO2. The molecule has 4 heteroatoms. The highest BCUT2D eigenvalue weighted by atomic mass is 79.9. The first-order valence-electron chi connectivity index (χ1n) is 5.75. The van der Waals surface area contributed by atoms with Crippen LogP contribution in [0.4, 0.5) is 0 Å². The molecule has 17 heavy (non-hydrogen) atoms. The Morgan fingerprint density at radius 1 is 1.47 bits per heavy atom. The zero-order valence-corrected chi connectivity index (χ0v) is 11.4. The summed E-state index contributed by atoms with van der Waals surface area (Å²) in [6, 6.07) is 5.61. The Morgan fingerprint density at radius 2 is 2.18 bits per heavy atom. The number of benzene rings is 1. The molecule has 1 aliphatic carbocycles. The van der Waals surface area contributed by atoms with Crippen LogP contribution in [0.15, 0.2) is 22.7 Å². The van der Waals surface area contributed by atoms with E-state index in [0.29, 0.717) is 5.56 Å². The fourth-order valence-electron chi connectivity index (χ4n) is 2.11. The summed E-state index contributed by atoms with van der Waals surface area (Å²) in [7, 11) is 0. The van der Waals surface area contributed by atoms with Gasteiger partial charge in [0.25, 0.3) is 5.91 Å². The van der Waals surface area contributed by atoms with Crippen molar-refractivity contribution in [2.24, 2.45) is 0 Å². The van der Waals surface area contributed by atoms with Crippen molar-refractivity contribution < 1.29 is 9.90 Å². The van der Waals surface area contributed by atoms with Gasteiger partial charge in [0, 0.05) is 10.0 Å². The molecule has 0 unspecified atom stereocenters. The lowest BCUT2D eigenvalue weighted by Gasteiger charge is -2.41. The highest BCUT2D eigenvalue weighted by molar-refractivity contribution is 9.10. The predicted octanol–water partition coefficient (Wildman–Crippen LogP) is 2.40. The summed E-state index contributed by atoms with van der Waals surface area (Å²) >= 11 is 3.38. The second-order valence-corrected chi connectivity index (χ2v) is 5.68. The van der Waals surface area contributed by atoms with Crippen LogP contribution >= 0.6 is 15.9 Å². The van der Waals surface area contributed by atoms with Gasteiger partial charge in [-0.1, -0.05) is 15.9 Å². The van der Waals surface area contributed by atoms with Crippen molar-refractivity contribution in [1.82, 2.24) is 5.32 Å². The van der Waals surface area contributed by atoms with Crippen LogP contribution in [0.3, 0.4) is 0 Å². The Morgan fingerprint density at radius 3 is 2.65 bits per heavy atom. The molecule has 1 amide bonds. The second-order valence-electron chi connectivity index (χ2n) is 4.76. The second kappa shape index (κ2) is 4.78. The SMILES string of the molecule is Cc1cc(Br)cc(C(=O)NC2(CO)CCC2)c1. The quantitative estimate of drug-likeness (QED) is 0.900. The first kappa shape index (κ1) is 12.6. The molecule has 0 radical (unpaired) electrons. The Hall–Kier alpha value is -0.870. The maximum absolute atomic E-state index is 12.1. The summed E-state index contributed by atoms with van der Waals surface area (Å²) in [6.45, 7) is 1.97. The third kappa shape index (κ3) is 2.69. The maximum Gasteiger partial charge on any atom is 0.251 e. The minimum absolute atomic E-state index is 0.0196. The number of nitrogens with one attached hydrogen (secondary N) is 1. The number of hydrogen-bond acceptors (Lipinski definition) is 2. The molecule has 0 atom stereocenters. The molecule has 0 heterocycles. The number of aliphatic hydroxyl groups is 1. The Balaban J connectivity index is 2.14. The summed E-state index contributed by atoms with van der Waals surface area (Å²) in [5, 5.41) is 12.3. The summed E-state index contributed by atoms with van der Waals surface area (Å²) in [6.07, 6.45) is 2.79. The molecule has 2 rings (SSSR count). The van der Waals surface area contributed by atoms with E-state index in [1.807, 2.05) is 19.1 Å². The molecule has 2 N–H and O–H groups in total. The number of carbonyl (C=O) groups excluding carboxylic acids is 1. The molecule has 0 spiro atoms. The lowest BCUT2D eigenvalue weighted by molar-refractivity contribution is 0.0641. The summed E-state index contributed by atoms with van der Waals surface area (Å²) in [4.78, 5) is 12.1. The molecule has 1 aromatic carbocycles. The van der Waals surface area contributed by atoms with Crippen LogP contribution in [-0.2, 0) is 0 Å². The molecule has 1 aliphatic rings. The first-order valence-corrected chi connectivity index (χ1v) is 6.55. The number of aliphatic hydroxyl groups excluding tert-OH is 1. The largest absolute Gasteiger partial charge is 0.394 e. The summed E-state index contributed by atoms with van der Waals surface area (Å²) in [5.41, 5.74) is 1.29. The Bertz CT molecular complexity index is 415. The van der Waals surface area contributed by atoms with Crippen molar-refractivity contribution >= 4 is 21.8 Å². The normalized spacial score (nSPS) is 17.4. The first-order chi connectivity index (χ1) is 8.04. The van der Waals surface area contributed by atoms with Crippen molar-refractivity contribution in [2.45, 2.75) is 31.7 Å². The van der Waals surface area contributed by atoms with E-state index in [9.17, 15) is 9.90 Å². The fourth-order valence-corrected chi connectivity index (χ4v) is 2.71. The van der Waals surface area contributed by atoms with Crippen molar-refractivity contribution in [3.63, 3.8) is 0 Å². The molecule has 0 aliphatic heterocycles. The average molecular weight is 298 g/mol. The fraction of sp³-hybridized carbons (Fsp3) is 0.462. The van der Waals surface area contributed by atoms with Gasteiger partial charge in [0.15, 0.2) is 0 Å². The van der Waals surface area contributed by atoms with Gasteiger partial charge in [-0.3, -0.25) is 4.79 Å². The van der Waals surface area contributed by atoms with Gasteiger partial charge in [0.05, 0.1) is 12.1 Å². The number of rotatable bonds is 3. The topological polar surface area (TPSA) is 49.3 Å². The number of hydrogen-bond donors (Lipinski definition) is 2. The smallest absolute Gasteiger partial charge is 0.251 e. The van der Waals surface area contributed by atoms with E-state index in [0.717, 1.165) is 29.3 Å². The van der Waals surface area contributed by atoms with Gasteiger partial charge in [-0.2, -0.15) is 0 Å². The van der Waals surface area contributed by atoms with E-state index in [4.69, 9.17) is 0 Å². The molecule has 0 saturated heterocycles. The van der Waals surface area contributed by atoms with E-state index >= 15 is 0 Å². The van der Waals surface area contributed by atoms with Crippen molar-refractivity contribution in [2.75, 3.05) is 6.61 Å². The van der Waals surface area contributed by atoms with Crippen molar-refractivity contribution in [3.8, 4) is 0 Å². The summed E-state index contributed by atoms with van der Waals surface area (Å²) < 4.78 is 0.898. The van der Waals surface area contributed by atoms with Crippen LogP contribution in [0.1, 0.15) is 35.2 Å². The molecule has 0 bridgehead atoms. The van der Waals surface area contributed by atoms with E-state index in [-0.39, 0.29) is 18.1 Å². The van der Waals surface area contributed by atoms with Crippen LogP contribution in [0.5, 0.6) is 0 Å². The monoisotopic (exact) mass is 297 g/mol. The van der Waals surface area contributed by atoms with Crippen LogP contribution < -0.4 is 5.32 Å². The van der Waals surface area contributed by atoms with Gasteiger partial charge in [0.2, 0.25) is 0 Å². The minimum atomic E-state index is -0.382. The van der Waals surface area contributed by atoms with Gasteiger partial charge in [-0.15, -0.1) is 0 Å². The van der Waals surface area contributed by atoms with Gasteiger partial charge in [-0.25, -0.2) is 0 Å². The molecular weight excluding hydrogens is 282 g/mol. The highest BCUT2D eigenvalue weighted by Gasteiger charge is 2.37. The third-order valence-electron chi connectivity index (χ3n) is 3.30. The molecule has 92 valence electrons.